The number of aldehydes is 1. The summed E-state index contributed by atoms with van der Waals surface area (Å²) in [6.07, 6.45) is 7.56. The van der Waals surface area contributed by atoms with E-state index in [2.05, 4.69) is 0 Å². The highest BCUT2D eigenvalue weighted by molar-refractivity contribution is 7.21. The first-order valence-corrected chi connectivity index (χ1v) is 32.7. The minimum absolute atomic E-state index is 0.0205. The number of carboxylic acid groups (broad SMARTS) is 1. The molecule has 0 saturated carbocycles. The molecule has 0 unspecified atom stereocenters. The summed E-state index contributed by atoms with van der Waals surface area (Å²) in [7, 11) is 1.25. The zero-order valence-corrected chi connectivity index (χ0v) is 60.0. The van der Waals surface area contributed by atoms with Gasteiger partial charge in [-0.3, -0.25) is 19.2 Å². The number of benzene rings is 6. The van der Waals surface area contributed by atoms with Gasteiger partial charge in [-0.15, -0.1) is 34.0 Å². The van der Waals surface area contributed by atoms with Crippen molar-refractivity contribution in [2.75, 3.05) is 0 Å². The number of carbonyl (C=O) groups excluding carboxylic acids is 6. The van der Waals surface area contributed by atoms with Crippen molar-refractivity contribution in [3.05, 3.63) is 204 Å². The average Bonchev–Trinajstić information content (AvgIpc) is 1.81. The SMILES string of the molecule is CC(=O)c1cc2ccccc2s1.Cc1cc(/C=C/C(=O)c2cc3ccccc3s2)cc(C)c1OC(C)(C)C(=O)O.Cc1cc(/C=C/C(=O)c2cc3ccccc3s2)cc(C)c1OC(C)(C)C(=O)OC(C)(C)C.Cc1cc(C=O)cc(C)c1OC(C)(C)C(=O)OC(C)(C)C.[3H]C. The summed E-state index contributed by atoms with van der Waals surface area (Å²) in [6, 6.07) is 40.9. The highest BCUT2D eigenvalue weighted by atomic mass is 32.1. The summed E-state index contributed by atoms with van der Waals surface area (Å²) in [5.74, 6) is 0.0396. The highest BCUT2D eigenvalue weighted by Crippen LogP contribution is 2.35. The molecule has 13 nitrogen and oxygen atoms in total. The van der Waals surface area contributed by atoms with E-state index in [1.165, 1.54) is 48.6 Å². The topological polar surface area (TPSA) is 186 Å². The van der Waals surface area contributed by atoms with Gasteiger partial charge in [0.2, 0.25) is 0 Å². The maximum absolute atomic E-state index is 12.6. The number of carbonyl (C=O) groups is 7. The zero-order chi connectivity index (χ0) is 71.1. The Hall–Kier alpha value is -8.83. The number of aliphatic carboxylic acids is 1. The van der Waals surface area contributed by atoms with Gasteiger partial charge in [0.05, 0.1) is 14.6 Å². The molecule has 3 aromatic heterocycles. The van der Waals surface area contributed by atoms with Gasteiger partial charge >= 0.3 is 17.9 Å². The van der Waals surface area contributed by atoms with Crippen LogP contribution in [0.15, 0.2) is 140 Å². The fraction of sp³-hybridized carbons (Fsp3) is 0.321. The van der Waals surface area contributed by atoms with E-state index >= 15 is 0 Å². The van der Waals surface area contributed by atoms with Crippen molar-refractivity contribution >= 4 is 118 Å². The van der Waals surface area contributed by atoms with Crippen LogP contribution in [0.3, 0.4) is 0 Å². The van der Waals surface area contributed by atoms with Crippen LogP contribution in [-0.2, 0) is 23.9 Å². The molecule has 3 heterocycles. The third kappa shape index (κ3) is 21.1. The Morgan fingerprint density at radius 1 is 0.426 bits per heavy atom. The van der Waals surface area contributed by atoms with Crippen LogP contribution in [0.4, 0.5) is 0 Å². The predicted octanol–water partition coefficient (Wildman–Crippen LogP) is 19.9. The maximum atomic E-state index is 12.6. The summed E-state index contributed by atoms with van der Waals surface area (Å²) in [5.41, 5.74) is 2.70. The quantitative estimate of drug-likeness (QED) is 0.0393. The molecule has 6 aromatic carbocycles. The number of esters is 2. The summed E-state index contributed by atoms with van der Waals surface area (Å²) >= 11 is 4.54. The van der Waals surface area contributed by atoms with Gasteiger partial charge in [-0.25, -0.2) is 14.4 Å². The number of aryl methyl sites for hydroxylation is 6. The van der Waals surface area contributed by atoms with Gasteiger partial charge < -0.3 is 28.8 Å². The van der Waals surface area contributed by atoms with Crippen LogP contribution >= 0.6 is 34.0 Å². The number of hydrogen-bond donors (Lipinski definition) is 1. The number of carboxylic acids is 1. The van der Waals surface area contributed by atoms with Crippen LogP contribution in [0.25, 0.3) is 42.4 Å². The van der Waals surface area contributed by atoms with Crippen LogP contribution in [0.1, 0.15) is 183 Å². The molecule has 0 saturated heterocycles. The number of ketones is 3. The first-order chi connectivity index (χ1) is 44.3. The first kappa shape index (κ1) is 74.2. The van der Waals surface area contributed by atoms with Crippen molar-refractivity contribution in [2.45, 2.75) is 167 Å². The molecule has 0 atom stereocenters. The zero-order valence-electron chi connectivity index (χ0n) is 58.6. The fourth-order valence-electron chi connectivity index (χ4n) is 9.26. The van der Waals surface area contributed by atoms with Gasteiger partial charge in [-0.1, -0.05) is 74.2 Å². The summed E-state index contributed by atoms with van der Waals surface area (Å²) in [5, 5.41) is 12.6. The average molecular weight is 1330 g/mol. The number of fused-ring (bicyclic) bond motifs is 3. The Balaban J connectivity index is 0.000000237. The van der Waals surface area contributed by atoms with E-state index in [4.69, 9.17) is 25.1 Å². The summed E-state index contributed by atoms with van der Waals surface area (Å²) in [6.45, 7) is 33.6. The number of allylic oxidation sites excluding steroid dienone is 2. The molecule has 0 aliphatic carbocycles. The van der Waals surface area contributed by atoms with E-state index in [-0.39, 0.29) is 17.3 Å². The van der Waals surface area contributed by atoms with Crippen molar-refractivity contribution in [1.82, 2.24) is 0 Å². The number of Topliss-reactive ketones (excluding diaryl/α,β-unsaturated/α-hetero) is 1. The van der Waals surface area contributed by atoms with Gasteiger partial charge in [-0.05, 0) is 277 Å². The lowest BCUT2D eigenvalue weighted by atomic mass is 10.0. The monoisotopic (exact) mass is 1330 g/mol. The van der Waals surface area contributed by atoms with Crippen molar-refractivity contribution in [1.29, 1.82) is 0 Å². The van der Waals surface area contributed by atoms with Crippen molar-refractivity contribution in [2.24, 2.45) is 0 Å². The molecular weight excluding hydrogens is 1240 g/mol. The summed E-state index contributed by atoms with van der Waals surface area (Å²) < 4.78 is 37.7. The van der Waals surface area contributed by atoms with Gasteiger partial charge in [0.25, 0.3) is 0 Å². The Kier molecular flexibility index (Phi) is 24.8. The number of rotatable bonds is 17. The molecule has 0 aliphatic rings. The molecule has 0 bridgehead atoms. The van der Waals surface area contributed by atoms with Gasteiger partial charge in [0.1, 0.15) is 34.7 Å². The molecular formula is C78H88O13S3. The van der Waals surface area contributed by atoms with E-state index in [0.29, 0.717) is 27.7 Å². The normalized spacial score (nSPS) is 11.8. The molecule has 496 valence electrons. The van der Waals surface area contributed by atoms with Crippen molar-refractivity contribution < 1.29 is 63.7 Å². The second kappa shape index (κ2) is 31.4. The van der Waals surface area contributed by atoms with Crippen LogP contribution in [-0.4, -0.2) is 74.7 Å². The smallest absolute Gasteiger partial charge is 0.350 e. The molecule has 16 heteroatoms. The first-order valence-electron chi connectivity index (χ1n) is 31.2. The Labute approximate surface area is 566 Å². The van der Waals surface area contributed by atoms with Crippen LogP contribution in [0.2, 0.25) is 0 Å². The molecule has 9 rings (SSSR count). The van der Waals surface area contributed by atoms with E-state index in [9.17, 15) is 38.7 Å². The molecule has 9 aromatic rings. The van der Waals surface area contributed by atoms with E-state index in [0.717, 1.165) is 86.1 Å². The molecule has 0 spiro atoms. The Bertz CT molecular complexity index is 4160. The number of ether oxygens (including phenoxy) is 5. The van der Waals surface area contributed by atoms with Gasteiger partial charge in [0.15, 0.2) is 34.2 Å². The number of hydrogen-bond acceptors (Lipinski definition) is 15. The predicted molar refractivity (Wildman–Crippen MR) is 386 cm³/mol. The van der Waals surface area contributed by atoms with Crippen molar-refractivity contribution in [3.63, 3.8) is 0 Å². The summed E-state index contributed by atoms with van der Waals surface area (Å²) in [4.78, 5) is 85.4. The van der Waals surface area contributed by atoms with Crippen LogP contribution < -0.4 is 14.2 Å². The van der Waals surface area contributed by atoms with E-state index in [1.54, 1.807) is 76.3 Å². The minimum atomic E-state index is -1.32. The van der Waals surface area contributed by atoms with Gasteiger partial charge in [-0.2, -0.15) is 0 Å². The second-order valence-electron chi connectivity index (χ2n) is 26.1. The lowest BCUT2D eigenvalue weighted by Gasteiger charge is -2.30. The third-order valence-electron chi connectivity index (χ3n) is 13.9. The standard InChI is InChI=1S/C27H30O4S.C23H22O4S.C17H24O4.C10H8OS.CH4/c1-17-14-19(12-13-21(28)23-16-20-10-8-9-11-22(20)32-23)15-18(2)24(17)30-27(6,7)25(29)31-26(3,4)5;1-14-11-16(12-15(2)21(14)27-23(3,4)22(25)26)9-10-18(24)20-13-17-7-5-6-8-19(17)28-20;1-11-8-13(10-18)9-12(2)14(11)20-17(6,7)15(19)21-16(3,4)5;1-7(11)10-6-8-4-2-3-5-9(8)12-10;/h8-16H,1-7H3;5-13H,1-4H3,(H,25,26);8-10H,1-7H3;2-6H,1H3;1H4/b13-12+;10-9+;;;/i;;;;1T. The Morgan fingerprint density at radius 3 is 0.979 bits per heavy atom. The molecule has 0 fully saturated rings. The molecule has 1 N–H and O–H groups in total. The highest BCUT2D eigenvalue weighted by Gasteiger charge is 2.37. The molecule has 0 aliphatic heterocycles. The number of thiophene rings is 3. The largest absolute Gasteiger partial charge is 0.478 e. The van der Waals surface area contributed by atoms with Crippen LogP contribution in [0, 0.1) is 41.5 Å². The molecule has 94 heavy (non-hydrogen) atoms. The van der Waals surface area contributed by atoms with Crippen molar-refractivity contribution in [3.8, 4) is 17.2 Å². The lowest BCUT2D eigenvalue weighted by Crippen LogP contribution is -2.43. The molecule has 0 radical (unpaired) electrons. The Morgan fingerprint density at radius 2 is 0.702 bits per heavy atom. The lowest BCUT2D eigenvalue weighted by molar-refractivity contribution is -0.171. The minimum Gasteiger partial charge on any atom is -0.478 e. The second-order valence-corrected chi connectivity index (χ2v) is 29.4. The maximum Gasteiger partial charge on any atom is 0.350 e. The van der Waals surface area contributed by atoms with E-state index < -0.39 is 45.9 Å². The third-order valence-corrected chi connectivity index (χ3v) is 17.4. The molecule has 0 amide bonds. The van der Waals surface area contributed by atoms with Gasteiger partial charge in [0, 0.05) is 21.0 Å². The van der Waals surface area contributed by atoms with E-state index in [1.807, 2.05) is 204 Å². The van der Waals surface area contributed by atoms with Crippen LogP contribution in [0.5, 0.6) is 17.2 Å². The fourth-order valence-corrected chi connectivity index (χ4v) is 12.2.